The number of amides is 2. The van der Waals surface area contributed by atoms with Crippen molar-refractivity contribution in [2.45, 2.75) is 18.9 Å². The largest absolute Gasteiger partial charge is 0.377 e. The summed E-state index contributed by atoms with van der Waals surface area (Å²) in [5.74, 6) is -0.390. The van der Waals surface area contributed by atoms with Crippen LogP contribution in [0.4, 0.5) is 11.4 Å². The van der Waals surface area contributed by atoms with Crippen molar-refractivity contribution in [2.24, 2.45) is 0 Å². The predicted octanol–water partition coefficient (Wildman–Crippen LogP) is 3.55. The Kier molecular flexibility index (Phi) is 4.95. The lowest BCUT2D eigenvalue weighted by atomic mass is 10.1. The molecular weight excluding hydrogens is 338 g/mol. The van der Waals surface area contributed by atoms with E-state index in [2.05, 4.69) is 10.6 Å². The fraction of sp³-hybridized carbons (Fsp3) is 0.263. The summed E-state index contributed by atoms with van der Waals surface area (Å²) >= 11 is 5.93. The van der Waals surface area contributed by atoms with E-state index in [-0.39, 0.29) is 17.9 Å². The zero-order chi connectivity index (χ0) is 18.0. The van der Waals surface area contributed by atoms with Gasteiger partial charge < -0.3 is 15.5 Å². The monoisotopic (exact) mass is 357 g/mol. The summed E-state index contributed by atoms with van der Waals surface area (Å²) in [5, 5.41) is 6.31. The number of rotatable bonds is 5. The van der Waals surface area contributed by atoms with Gasteiger partial charge in [0.25, 0.3) is 11.8 Å². The van der Waals surface area contributed by atoms with Gasteiger partial charge in [0, 0.05) is 42.1 Å². The van der Waals surface area contributed by atoms with E-state index in [9.17, 15) is 9.59 Å². The number of nitrogens with zero attached hydrogens (tertiary/aromatic N) is 1. The van der Waals surface area contributed by atoms with Crippen molar-refractivity contribution >= 4 is 34.8 Å². The van der Waals surface area contributed by atoms with Crippen LogP contribution in [0.1, 0.15) is 33.6 Å². The predicted molar refractivity (Wildman–Crippen MR) is 101 cm³/mol. The van der Waals surface area contributed by atoms with Gasteiger partial charge in [0.1, 0.15) is 0 Å². The molecule has 25 heavy (non-hydrogen) atoms. The van der Waals surface area contributed by atoms with Gasteiger partial charge >= 0.3 is 0 Å². The molecule has 1 aliphatic rings. The third kappa shape index (κ3) is 4.31. The number of carbonyl (C=O) groups is 2. The quantitative estimate of drug-likeness (QED) is 0.860. The molecule has 0 atom stereocenters. The number of anilines is 2. The van der Waals surface area contributed by atoms with Gasteiger partial charge in [-0.3, -0.25) is 9.59 Å². The summed E-state index contributed by atoms with van der Waals surface area (Å²) in [6.07, 6.45) is 2.04. The molecule has 2 aromatic carbocycles. The fourth-order valence-electron chi connectivity index (χ4n) is 2.51. The molecule has 0 saturated heterocycles. The van der Waals surface area contributed by atoms with Crippen LogP contribution >= 0.6 is 11.6 Å². The second-order valence-corrected chi connectivity index (χ2v) is 6.77. The molecule has 0 aromatic heterocycles. The van der Waals surface area contributed by atoms with Crippen LogP contribution in [0.15, 0.2) is 42.5 Å². The highest BCUT2D eigenvalue weighted by Crippen LogP contribution is 2.26. The summed E-state index contributed by atoms with van der Waals surface area (Å²) in [6, 6.07) is 12.3. The van der Waals surface area contributed by atoms with Crippen molar-refractivity contribution in [3.8, 4) is 0 Å². The van der Waals surface area contributed by atoms with E-state index in [1.165, 1.54) is 0 Å². The first-order valence-corrected chi connectivity index (χ1v) is 8.51. The van der Waals surface area contributed by atoms with Crippen molar-refractivity contribution in [1.29, 1.82) is 0 Å². The van der Waals surface area contributed by atoms with Crippen LogP contribution in [0.25, 0.3) is 0 Å². The standard InChI is InChI=1S/C19H20ClN3O2/c1-23(2)17-9-8-15(11-16(17)19(25)21-14-6-7-14)22-18(24)12-4-3-5-13(20)10-12/h3-5,8-11,14H,6-7H2,1-2H3,(H,21,25)(H,22,24). The van der Waals surface area contributed by atoms with E-state index >= 15 is 0 Å². The maximum Gasteiger partial charge on any atom is 0.255 e. The number of halogens is 1. The smallest absolute Gasteiger partial charge is 0.255 e. The number of hydrogen-bond acceptors (Lipinski definition) is 3. The average molecular weight is 358 g/mol. The summed E-state index contributed by atoms with van der Waals surface area (Å²) < 4.78 is 0. The van der Waals surface area contributed by atoms with Crippen LogP contribution < -0.4 is 15.5 Å². The molecule has 0 unspecified atom stereocenters. The molecule has 5 nitrogen and oxygen atoms in total. The Labute approximate surface area is 152 Å². The van der Waals surface area contributed by atoms with Crippen molar-refractivity contribution in [3.05, 3.63) is 58.6 Å². The van der Waals surface area contributed by atoms with Gasteiger partial charge in [0.05, 0.1) is 5.56 Å². The van der Waals surface area contributed by atoms with Crippen LogP contribution in [-0.4, -0.2) is 32.0 Å². The molecule has 2 amide bonds. The Bertz CT molecular complexity index is 816. The third-order valence-electron chi connectivity index (χ3n) is 3.98. The molecule has 2 N–H and O–H groups in total. The lowest BCUT2D eigenvalue weighted by Gasteiger charge is -2.18. The molecular formula is C19H20ClN3O2. The van der Waals surface area contributed by atoms with Crippen molar-refractivity contribution in [3.63, 3.8) is 0 Å². The fourth-order valence-corrected chi connectivity index (χ4v) is 2.70. The molecule has 0 heterocycles. The minimum Gasteiger partial charge on any atom is -0.377 e. The molecule has 0 spiro atoms. The maximum absolute atomic E-state index is 12.5. The first kappa shape index (κ1) is 17.3. The SMILES string of the molecule is CN(C)c1ccc(NC(=O)c2cccc(Cl)c2)cc1C(=O)NC1CC1. The maximum atomic E-state index is 12.5. The molecule has 1 aliphatic carbocycles. The van der Waals surface area contributed by atoms with Crippen molar-refractivity contribution in [1.82, 2.24) is 5.32 Å². The first-order valence-electron chi connectivity index (χ1n) is 8.13. The Hall–Kier alpha value is -2.53. The highest BCUT2D eigenvalue weighted by Gasteiger charge is 2.25. The Balaban J connectivity index is 1.83. The lowest BCUT2D eigenvalue weighted by molar-refractivity contribution is 0.0950. The van der Waals surface area contributed by atoms with E-state index < -0.39 is 0 Å². The molecule has 2 aromatic rings. The highest BCUT2D eigenvalue weighted by atomic mass is 35.5. The summed E-state index contributed by atoms with van der Waals surface area (Å²) in [7, 11) is 3.76. The van der Waals surface area contributed by atoms with Crippen molar-refractivity contribution < 1.29 is 9.59 Å². The molecule has 3 rings (SSSR count). The van der Waals surface area contributed by atoms with E-state index in [0.29, 0.717) is 21.8 Å². The van der Waals surface area contributed by atoms with Crippen molar-refractivity contribution in [2.75, 3.05) is 24.3 Å². The van der Waals surface area contributed by atoms with E-state index in [1.807, 2.05) is 25.1 Å². The number of carbonyl (C=O) groups excluding carboxylic acids is 2. The van der Waals surface area contributed by atoms with Crippen LogP contribution in [0.3, 0.4) is 0 Å². The van der Waals surface area contributed by atoms with E-state index in [0.717, 1.165) is 18.5 Å². The average Bonchev–Trinajstić information content (AvgIpc) is 3.38. The minimum atomic E-state index is -0.270. The van der Waals surface area contributed by atoms with Gasteiger partial charge in [-0.05, 0) is 49.2 Å². The topological polar surface area (TPSA) is 61.4 Å². The van der Waals surface area contributed by atoms with Crippen LogP contribution in [0, 0.1) is 0 Å². The Morgan fingerprint density at radius 2 is 1.84 bits per heavy atom. The van der Waals surface area contributed by atoms with Gasteiger partial charge in [-0.25, -0.2) is 0 Å². The number of hydrogen-bond donors (Lipinski definition) is 2. The number of nitrogens with one attached hydrogen (secondary N) is 2. The lowest BCUT2D eigenvalue weighted by Crippen LogP contribution is -2.27. The summed E-state index contributed by atoms with van der Waals surface area (Å²) in [6.45, 7) is 0. The zero-order valence-corrected chi connectivity index (χ0v) is 14.9. The first-order chi connectivity index (χ1) is 11.9. The molecule has 0 aliphatic heterocycles. The summed E-state index contributed by atoms with van der Waals surface area (Å²) in [4.78, 5) is 26.8. The Morgan fingerprint density at radius 1 is 1.08 bits per heavy atom. The molecule has 1 fully saturated rings. The van der Waals surface area contributed by atoms with E-state index in [4.69, 9.17) is 11.6 Å². The van der Waals surface area contributed by atoms with Gasteiger partial charge in [0.2, 0.25) is 0 Å². The van der Waals surface area contributed by atoms with Gasteiger partial charge in [0.15, 0.2) is 0 Å². The zero-order valence-electron chi connectivity index (χ0n) is 14.2. The molecule has 0 bridgehead atoms. The van der Waals surface area contributed by atoms with Crippen LogP contribution in [0.5, 0.6) is 0 Å². The third-order valence-corrected chi connectivity index (χ3v) is 4.22. The Morgan fingerprint density at radius 3 is 2.48 bits per heavy atom. The number of benzene rings is 2. The van der Waals surface area contributed by atoms with Crippen LogP contribution in [-0.2, 0) is 0 Å². The van der Waals surface area contributed by atoms with Gasteiger partial charge in [-0.1, -0.05) is 17.7 Å². The summed E-state index contributed by atoms with van der Waals surface area (Å²) in [5.41, 5.74) is 2.38. The minimum absolute atomic E-state index is 0.120. The van der Waals surface area contributed by atoms with Gasteiger partial charge in [-0.2, -0.15) is 0 Å². The second kappa shape index (κ2) is 7.15. The highest BCUT2D eigenvalue weighted by molar-refractivity contribution is 6.31. The molecule has 130 valence electrons. The molecule has 6 heteroatoms. The normalized spacial score (nSPS) is 13.2. The molecule has 1 saturated carbocycles. The van der Waals surface area contributed by atoms with E-state index in [1.54, 1.807) is 36.4 Å². The van der Waals surface area contributed by atoms with Crippen LogP contribution in [0.2, 0.25) is 5.02 Å². The van der Waals surface area contributed by atoms with Gasteiger partial charge in [-0.15, -0.1) is 0 Å². The molecule has 0 radical (unpaired) electrons. The second-order valence-electron chi connectivity index (χ2n) is 6.34.